The van der Waals surface area contributed by atoms with Crippen LogP contribution in [0.3, 0.4) is 0 Å². The lowest BCUT2D eigenvalue weighted by Gasteiger charge is -2.30. The normalized spacial score (nSPS) is 32.2. The molecule has 1 saturated carbocycles. The Morgan fingerprint density at radius 2 is 1.93 bits per heavy atom. The van der Waals surface area contributed by atoms with Crippen LogP contribution < -0.4 is 0 Å². The van der Waals surface area contributed by atoms with Crippen LogP contribution in [0.5, 0.6) is 0 Å². The fourth-order valence-electron chi connectivity index (χ4n) is 3.53. The number of aliphatic hydroxyl groups is 2. The summed E-state index contributed by atoms with van der Waals surface area (Å²) >= 11 is 3.24. The summed E-state index contributed by atoms with van der Waals surface area (Å²) in [4.78, 5) is 36.9. The van der Waals surface area contributed by atoms with E-state index in [2.05, 4.69) is 20.7 Å². The maximum absolute atomic E-state index is 12.6. The van der Waals surface area contributed by atoms with E-state index in [4.69, 9.17) is 9.47 Å². The molecular weight excluding hydrogens is 424 g/mol. The van der Waals surface area contributed by atoms with Crippen molar-refractivity contribution in [3.63, 3.8) is 0 Å². The lowest BCUT2D eigenvalue weighted by molar-refractivity contribution is -0.158. The minimum Gasteiger partial charge on any atom is -0.466 e. The van der Waals surface area contributed by atoms with Gasteiger partial charge in [-0.3, -0.25) is 4.79 Å². The Bertz CT molecular complexity index is 830. The van der Waals surface area contributed by atoms with Gasteiger partial charge >= 0.3 is 17.9 Å². The molecule has 0 bridgehead atoms. The second-order valence-electron chi connectivity index (χ2n) is 6.53. The van der Waals surface area contributed by atoms with E-state index in [1.54, 1.807) is 18.2 Å². The summed E-state index contributed by atoms with van der Waals surface area (Å²) in [6, 6.07) is 6.48. The fraction of sp³-hybridized carbons (Fsp3) is 0.389. The first-order chi connectivity index (χ1) is 12.7. The molecule has 0 aromatic heterocycles. The van der Waals surface area contributed by atoms with Gasteiger partial charge in [0, 0.05) is 4.47 Å². The van der Waals surface area contributed by atoms with Gasteiger partial charge in [-0.1, -0.05) is 12.1 Å². The number of methoxy groups -OCH3 is 1. The molecule has 0 amide bonds. The molecule has 0 unspecified atom stereocenters. The van der Waals surface area contributed by atoms with E-state index in [-0.39, 0.29) is 11.1 Å². The van der Waals surface area contributed by atoms with Crippen LogP contribution in [-0.2, 0) is 23.8 Å². The van der Waals surface area contributed by atoms with Gasteiger partial charge in [-0.25, -0.2) is 9.59 Å². The number of carbonyl (C=O) groups excluding carboxylic acids is 3. The van der Waals surface area contributed by atoms with Crippen molar-refractivity contribution in [1.82, 2.24) is 0 Å². The average Bonchev–Trinajstić information content (AvgIpc) is 2.83. The number of hydrogen-bond acceptors (Lipinski definition) is 8. The minimum absolute atomic E-state index is 0.108. The number of hydrogen-bond donors (Lipinski definition) is 2. The van der Waals surface area contributed by atoms with Crippen LogP contribution in [-0.4, -0.2) is 53.0 Å². The topological polar surface area (TPSA) is 119 Å². The quantitative estimate of drug-likeness (QED) is 0.526. The zero-order valence-corrected chi connectivity index (χ0v) is 16.0. The molecule has 8 nitrogen and oxygen atoms in total. The van der Waals surface area contributed by atoms with Crippen molar-refractivity contribution in [3.8, 4) is 0 Å². The zero-order valence-electron chi connectivity index (χ0n) is 14.4. The molecule has 0 radical (unpaired) electrons. The van der Waals surface area contributed by atoms with Crippen LogP contribution >= 0.6 is 15.9 Å². The third-order valence-corrected chi connectivity index (χ3v) is 5.62. The molecule has 0 saturated heterocycles. The maximum atomic E-state index is 12.6. The number of fused-ring (bicyclic) bond motifs is 1. The van der Waals surface area contributed by atoms with Crippen molar-refractivity contribution in [2.75, 3.05) is 7.11 Å². The largest absolute Gasteiger partial charge is 0.466 e. The summed E-state index contributed by atoms with van der Waals surface area (Å²) < 4.78 is 15.4. The van der Waals surface area contributed by atoms with E-state index in [9.17, 15) is 24.6 Å². The standard InChI is InChI=1S/C18H17BrO8/c1-18(24)12-11(9(15(21)25-2)7-26-17(12)23)13(14(18)20)27-16(22)8-5-3-4-6-10(8)19/h3-7,11-14,20,24H,1-2H3/t11-,12-,13+,14+,18-/m1/s1. The molecule has 9 heteroatoms. The number of halogens is 1. The van der Waals surface area contributed by atoms with E-state index < -0.39 is 47.6 Å². The van der Waals surface area contributed by atoms with Gasteiger partial charge in [0.05, 0.1) is 30.1 Å². The van der Waals surface area contributed by atoms with Crippen LogP contribution in [0.1, 0.15) is 17.3 Å². The summed E-state index contributed by atoms with van der Waals surface area (Å²) in [6.07, 6.45) is -2.08. The van der Waals surface area contributed by atoms with Crippen LogP contribution in [0.15, 0.2) is 40.6 Å². The lowest BCUT2D eigenvalue weighted by Crippen LogP contribution is -2.46. The van der Waals surface area contributed by atoms with Gasteiger partial charge in [-0.15, -0.1) is 0 Å². The molecule has 2 N–H and O–H groups in total. The van der Waals surface area contributed by atoms with Crippen molar-refractivity contribution in [2.45, 2.75) is 24.7 Å². The second-order valence-corrected chi connectivity index (χ2v) is 7.38. The number of ether oxygens (including phenoxy) is 3. The van der Waals surface area contributed by atoms with E-state index in [0.717, 1.165) is 13.4 Å². The number of cyclic esters (lactones) is 1. The third-order valence-electron chi connectivity index (χ3n) is 4.93. The lowest BCUT2D eigenvalue weighted by atomic mass is 9.81. The van der Waals surface area contributed by atoms with Crippen LogP contribution in [0.25, 0.3) is 0 Å². The van der Waals surface area contributed by atoms with E-state index >= 15 is 0 Å². The maximum Gasteiger partial charge on any atom is 0.339 e. The molecule has 1 aromatic carbocycles. The van der Waals surface area contributed by atoms with E-state index in [0.29, 0.717) is 4.47 Å². The number of rotatable bonds is 3. The number of carbonyl (C=O) groups is 3. The highest BCUT2D eigenvalue weighted by Crippen LogP contribution is 2.48. The van der Waals surface area contributed by atoms with Crippen LogP contribution in [0, 0.1) is 11.8 Å². The van der Waals surface area contributed by atoms with Gasteiger partial charge < -0.3 is 24.4 Å². The first-order valence-corrected chi connectivity index (χ1v) is 8.84. The molecule has 0 spiro atoms. The van der Waals surface area contributed by atoms with Gasteiger partial charge in [0.15, 0.2) is 0 Å². The Labute approximate surface area is 162 Å². The summed E-state index contributed by atoms with van der Waals surface area (Å²) in [5.41, 5.74) is -1.90. The summed E-state index contributed by atoms with van der Waals surface area (Å²) in [5, 5.41) is 21.3. The Morgan fingerprint density at radius 1 is 1.26 bits per heavy atom. The average molecular weight is 441 g/mol. The molecule has 3 rings (SSSR count). The Kier molecular flexibility index (Phi) is 5.11. The molecule has 1 aliphatic carbocycles. The van der Waals surface area contributed by atoms with Gasteiger partial charge in [0.1, 0.15) is 24.1 Å². The first kappa shape index (κ1) is 19.5. The first-order valence-electron chi connectivity index (χ1n) is 8.05. The van der Waals surface area contributed by atoms with Gasteiger partial charge in [-0.05, 0) is 35.0 Å². The molecule has 1 aliphatic heterocycles. The molecule has 1 heterocycles. The van der Waals surface area contributed by atoms with Crippen LogP contribution in [0.2, 0.25) is 0 Å². The highest BCUT2D eigenvalue weighted by molar-refractivity contribution is 9.10. The number of esters is 3. The molecule has 2 aliphatic rings. The molecular formula is C18H17BrO8. The summed E-state index contributed by atoms with van der Waals surface area (Å²) in [6.45, 7) is 1.23. The van der Waals surface area contributed by atoms with Crippen LogP contribution in [0.4, 0.5) is 0 Å². The second kappa shape index (κ2) is 7.06. The number of benzene rings is 1. The predicted molar refractivity (Wildman–Crippen MR) is 93.1 cm³/mol. The van der Waals surface area contributed by atoms with E-state index in [1.165, 1.54) is 13.0 Å². The summed E-state index contributed by atoms with van der Waals surface area (Å²) in [7, 11) is 1.14. The molecule has 5 atom stereocenters. The van der Waals surface area contributed by atoms with Crippen molar-refractivity contribution in [3.05, 3.63) is 46.1 Å². The van der Waals surface area contributed by atoms with Crippen molar-refractivity contribution < 1.29 is 38.8 Å². The third kappa shape index (κ3) is 3.15. The van der Waals surface area contributed by atoms with Gasteiger partial charge in [-0.2, -0.15) is 0 Å². The fourth-order valence-corrected chi connectivity index (χ4v) is 3.98. The van der Waals surface area contributed by atoms with Crippen molar-refractivity contribution in [2.24, 2.45) is 11.8 Å². The molecule has 144 valence electrons. The summed E-state index contributed by atoms with van der Waals surface area (Å²) in [5.74, 6) is -4.86. The smallest absolute Gasteiger partial charge is 0.339 e. The zero-order chi connectivity index (χ0) is 19.9. The Balaban J connectivity index is 2.00. The Morgan fingerprint density at radius 3 is 2.56 bits per heavy atom. The molecule has 27 heavy (non-hydrogen) atoms. The predicted octanol–water partition coefficient (Wildman–Crippen LogP) is 0.946. The minimum atomic E-state index is -1.98. The highest BCUT2D eigenvalue weighted by Gasteiger charge is 2.65. The van der Waals surface area contributed by atoms with Crippen molar-refractivity contribution in [1.29, 1.82) is 0 Å². The highest BCUT2D eigenvalue weighted by atomic mass is 79.9. The molecule has 1 aromatic rings. The number of aliphatic hydroxyl groups excluding tert-OH is 1. The van der Waals surface area contributed by atoms with E-state index in [1.807, 2.05) is 0 Å². The van der Waals surface area contributed by atoms with Gasteiger partial charge in [0.2, 0.25) is 0 Å². The van der Waals surface area contributed by atoms with Crippen molar-refractivity contribution >= 4 is 33.8 Å². The monoisotopic (exact) mass is 440 g/mol. The SMILES string of the molecule is COC(=O)C1=COC(=O)[C@H]2[C@@H]1[C@H](OC(=O)c1ccccc1Br)[C@H](O)[C@]2(C)O. The van der Waals surface area contributed by atoms with Gasteiger partial charge in [0.25, 0.3) is 0 Å². The molecule has 1 fully saturated rings. The Hall–Kier alpha value is -2.23.